The highest BCUT2D eigenvalue weighted by Crippen LogP contribution is 2.44. The molecule has 2 aliphatic heterocycles. The van der Waals surface area contributed by atoms with E-state index in [-0.39, 0.29) is 17.5 Å². The van der Waals surface area contributed by atoms with Gasteiger partial charge in [-0.1, -0.05) is 6.42 Å². The molecule has 0 radical (unpaired) electrons. The molecule has 0 unspecified atom stereocenters. The summed E-state index contributed by atoms with van der Waals surface area (Å²) < 4.78 is 0. The van der Waals surface area contributed by atoms with Crippen molar-refractivity contribution in [3.63, 3.8) is 0 Å². The molecule has 0 aromatic carbocycles. The van der Waals surface area contributed by atoms with Crippen LogP contribution in [-0.2, 0) is 4.79 Å². The van der Waals surface area contributed by atoms with E-state index in [0.717, 1.165) is 19.0 Å². The number of aliphatic carboxylic acids is 1. The number of likely N-dealkylation sites (tertiary alicyclic amines) is 1. The first-order valence-corrected chi connectivity index (χ1v) is 9.63. The quantitative estimate of drug-likeness (QED) is 0.816. The van der Waals surface area contributed by atoms with Crippen molar-refractivity contribution in [1.29, 1.82) is 0 Å². The van der Waals surface area contributed by atoms with Gasteiger partial charge in [-0.25, -0.2) is 4.98 Å². The van der Waals surface area contributed by atoms with E-state index in [9.17, 15) is 14.7 Å². The van der Waals surface area contributed by atoms with Gasteiger partial charge in [-0.3, -0.25) is 14.6 Å². The van der Waals surface area contributed by atoms with Crippen LogP contribution in [0.1, 0.15) is 29.8 Å². The van der Waals surface area contributed by atoms with E-state index >= 15 is 0 Å². The van der Waals surface area contributed by atoms with Crippen LogP contribution >= 0.6 is 0 Å². The Morgan fingerprint density at radius 1 is 1.26 bits per heavy atom. The minimum atomic E-state index is -0.757. The molecule has 1 aliphatic carbocycles. The smallest absolute Gasteiger partial charge is 0.313 e. The van der Waals surface area contributed by atoms with Crippen molar-refractivity contribution < 1.29 is 14.7 Å². The van der Waals surface area contributed by atoms with Crippen molar-refractivity contribution in [3.05, 3.63) is 18.1 Å². The van der Waals surface area contributed by atoms with Gasteiger partial charge in [-0.2, -0.15) is 0 Å². The number of fused-ring (bicyclic) bond motifs is 1. The minimum Gasteiger partial charge on any atom is -0.481 e. The van der Waals surface area contributed by atoms with Gasteiger partial charge in [-0.05, 0) is 18.8 Å². The molecule has 146 valence electrons. The van der Waals surface area contributed by atoms with Crippen LogP contribution in [-0.4, -0.2) is 83.6 Å². The number of hydrogen-bond acceptors (Lipinski definition) is 6. The van der Waals surface area contributed by atoms with Gasteiger partial charge in [0.2, 0.25) is 0 Å². The van der Waals surface area contributed by atoms with Gasteiger partial charge >= 0.3 is 5.97 Å². The van der Waals surface area contributed by atoms with Crippen LogP contribution in [0.5, 0.6) is 0 Å². The number of aromatic nitrogens is 2. The average molecular weight is 373 g/mol. The summed E-state index contributed by atoms with van der Waals surface area (Å²) in [5.74, 6) is 0.474. The number of rotatable bonds is 5. The maximum atomic E-state index is 12.2. The zero-order valence-corrected chi connectivity index (χ0v) is 16.0. The topological polar surface area (TPSA) is 89.9 Å². The van der Waals surface area contributed by atoms with Gasteiger partial charge in [0.15, 0.2) is 0 Å². The Kier molecular flexibility index (Phi) is 4.53. The van der Waals surface area contributed by atoms with E-state index in [4.69, 9.17) is 0 Å². The summed E-state index contributed by atoms with van der Waals surface area (Å²) in [6.07, 6.45) is 6.93. The second kappa shape index (κ2) is 6.74. The normalized spacial score (nSPS) is 28.1. The number of carbonyl (C=O) groups excluding carboxylic acids is 1. The second-order valence-corrected chi connectivity index (χ2v) is 8.49. The largest absolute Gasteiger partial charge is 0.481 e. The summed E-state index contributed by atoms with van der Waals surface area (Å²) in [6, 6.07) is 0. The zero-order chi connectivity index (χ0) is 19.2. The first-order chi connectivity index (χ1) is 12.9. The summed E-state index contributed by atoms with van der Waals surface area (Å²) in [4.78, 5) is 38.8. The molecule has 4 rings (SSSR count). The molecule has 1 N–H and O–H groups in total. The number of anilines is 1. The summed E-state index contributed by atoms with van der Waals surface area (Å²) in [5, 5.41) is 10.0. The Bertz CT molecular complexity index is 751. The van der Waals surface area contributed by atoms with Crippen LogP contribution in [0.3, 0.4) is 0 Å². The van der Waals surface area contributed by atoms with Gasteiger partial charge in [0.05, 0.1) is 12.4 Å². The molecular formula is C19H27N5O3. The van der Waals surface area contributed by atoms with Gasteiger partial charge in [0.1, 0.15) is 16.9 Å². The summed E-state index contributed by atoms with van der Waals surface area (Å²) in [7, 11) is 3.35. The molecule has 1 aromatic rings. The van der Waals surface area contributed by atoms with Crippen LogP contribution < -0.4 is 4.90 Å². The lowest BCUT2D eigenvalue weighted by Crippen LogP contribution is -2.42. The monoisotopic (exact) mass is 373 g/mol. The average Bonchev–Trinajstić information content (AvgIpc) is 3.12. The van der Waals surface area contributed by atoms with Crippen LogP contribution in [0, 0.1) is 17.3 Å². The number of hydrogen-bond donors (Lipinski definition) is 1. The first-order valence-electron chi connectivity index (χ1n) is 9.63. The van der Waals surface area contributed by atoms with E-state index in [2.05, 4.69) is 14.9 Å². The Balaban J connectivity index is 1.51. The van der Waals surface area contributed by atoms with Crippen molar-refractivity contribution in [2.45, 2.75) is 19.3 Å². The lowest BCUT2D eigenvalue weighted by molar-refractivity contribution is -0.148. The van der Waals surface area contributed by atoms with Crippen LogP contribution in [0.15, 0.2) is 12.4 Å². The molecule has 27 heavy (non-hydrogen) atoms. The van der Waals surface area contributed by atoms with Gasteiger partial charge < -0.3 is 19.8 Å². The number of nitrogens with zero attached hydrogens (tertiary/aromatic N) is 5. The summed E-state index contributed by atoms with van der Waals surface area (Å²) in [6.45, 7) is 3.51. The highest BCUT2D eigenvalue weighted by Gasteiger charge is 2.58. The third-order valence-electron chi connectivity index (χ3n) is 6.42. The summed E-state index contributed by atoms with van der Waals surface area (Å²) in [5.41, 5.74) is -0.474. The van der Waals surface area contributed by atoms with Crippen molar-refractivity contribution in [2.75, 3.05) is 51.7 Å². The van der Waals surface area contributed by atoms with Crippen LogP contribution in [0.2, 0.25) is 0 Å². The minimum absolute atomic E-state index is 0.0742. The second-order valence-electron chi connectivity index (χ2n) is 8.49. The fourth-order valence-corrected chi connectivity index (χ4v) is 4.67. The standard InChI is InChI=1S/C19H27N5O3/c1-22(2)17(25)15-6-20-7-16(21-15)24-10-14-9-23(8-13-4-3-5-13)11-19(14,12-24)18(26)27/h6-7,13-14H,3-5,8-12H2,1-2H3,(H,26,27)/t14-,19-/m1/s1. The van der Waals surface area contributed by atoms with E-state index < -0.39 is 11.4 Å². The van der Waals surface area contributed by atoms with Crippen molar-refractivity contribution in [3.8, 4) is 0 Å². The number of carboxylic acid groups (broad SMARTS) is 1. The molecule has 0 spiro atoms. The fraction of sp³-hybridized carbons (Fsp3) is 0.684. The van der Waals surface area contributed by atoms with Crippen molar-refractivity contribution in [2.24, 2.45) is 17.3 Å². The van der Waals surface area contributed by atoms with E-state index in [1.54, 1.807) is 20.3 Å². The number of amides is 1. The molecule has 2 atom stereocenters. The molecule has 0 bridgehead atoms. The predicted molar refractivity (Wildman–Crippen MR) is 99.6 cm³/mol. The first kappa shape index (κ1) is 18.2. The lowest BCUT2D eigenvalue weighted by Gasteiger charge is -2.32. The SMILES string of the molecule is CN(C)C(=O)c1cncc(N2C[C@H]3CN(CC4CCC4)C[C@@]3(C(=O)O)C2)n1. The Morgan fingerprint density at radius 2 is 2.04 bits per heavy atom. The molecule has 1 amide bonds. The fourth-order valence-electron chi connectivity index (χ4n) is 4.67. The Labute approximate surface area is 159 Å². The molecular weight excluding hydrogens is 346 g/mol. The third kappa shape index (κ3) is 3.16. The molecule has 8 heteroatoms. The van der Waals surface area contributed by atoms with Gasteiger partial charge in [0.25, 0.3) is 5.91 Å². The van der Waals surface area contributed by atoms with E-state index in [0.29, 0.717) is 25.5 Å². The maximum Gasteiger partial charge on any atom is 0.313 e. The van der Waals surface area contributed by atoms with Crippen molar-refractivity contribution >= 4 is 17.7 Å². The van der Waals surface area contributed by atoms with Crippen molar-refractivity contribution in [1.82, 2.24) is 19.8 Å². The molecule has 8 nitrogen and oxygen atoms in total. The number of carboxylic acids is 1. The lowest BCUT2D eigenvalue weighted by atomic mass is 9.81. The van der Waals surface area contributed by atoms with E-state index in [1.807, 2.05) is 4.90 Å². The molecule has 1 aromatic heterocycles. The summed E-state index contributed by atoms with van der Waals surface area (Å²) >= 11 is 0. The van der Waals surface area contributed by atoms with Gasteiger partial charge in [0, 0.05) is 52.7 Å². The molecule has 2 saturated heterocycles. The number of carbonyl (C=O) groups is 2. The highest BCUT2D eigenvalue weighted by atomic mass is 16.4. The van der Waals surface area contributed by atoms with Crippen LogP contribution in [0.4, 0.5) is 5.82 Å². The molecule has 3 fully saturated rings. The predicted octanol–water partition coefficient (Wildman–Crippen LogP) is 0.801. The highest BCUT2D eigenvalue weighted by molar-refractivity contribution is 5.92. The Hall–Kier alpha value is -2.22. The Morgan fingerprint density at radius 3 is 2.63 bits per heavy atom. The molecule has 1 saturated carbocycles. The molecule has 3 heterocycles. The van der Waals surface area contributed by atoms with Crippen LogP contribution in [0.25, 0.3) is 0 Å². The maximum absolute atomic E-state index is 12.2. The van der Waals surface area contributed by atoms with Gasteiger partial charge in [-0.15, -0.1) is 0 Å². The van der Waals surface area contributed by atoms with E-state index in [1.165, 1.54) is 30.4 Å². The molecule has 3 aliphatic rings. The third-order valence-corrected chi connectivity index (χ3v) is 6.42. The zero-order valence-electron chi connectivity index (χ0n) is 16.0.